The van der Waals surface area contributed by atoms with Crippen molar-refractivity contribution >= 4 is 5.91 Å². The van der Waals surface area contributed by atoms with Crippen LogP contribution in [0.15, 0.2) is 6.20 Å². The maximum atomic E-state index is 13.6. The molecule has 4 bridgehead atoms. The number of carbonyl (C=O) groups is 1. The Balaban J connectivity index is 1.15. The molecule has 0 spiro atoms. The minimum Gasteiger partial charge on any atom is -0.477 e. The Labute approximate surface area is 210 Å². The third kappa shape index (κ3) is 5.41. The van der Waals surface area contributed by atoms with Gasteiger partial charge in [0.1, 0.15) is 5.56 Å². The van der Waals surface area contributed by atoms with Crippen LogP contribution in [0.25, 0.3) is 0 Å². The van der Waals surface area contributed by atoms with E-state index in [-0.39, 0.29) is 5.91 Å². The van der Waals surface area contributed by atoms with Crippen LogP contribution < -0.4 is 15.4 Å². The summed E-state index contributed by atoms with van der Waals surface area (Å²) < 4.78 is 8.41. The predicted octanol–water partition coefficient (Wildman–Crippen LogP) is 3.69. The first-order chi connectivity index (χ1) is 17.2. The van der Waals surface area contributed by atoms with E-state index in [1.165, 1.54) is 70.6 Å². The average Bonchev–Trinajstić information content (AvgIpc) is 3.09. The number of aromatic nitrogens is 2. The lowest BCUT2D eigenvalue weighted by atomic mass is 9.54. The van der Waals surface area contributed by atoms with Crippen LogP contribution in [0.4, 0.5) is 0 Å². The first kappa shape index (κ1) is 23.8. The highest BCUT2D eigenvalue weighted by molar-refractivity contribution is 5.96. The van der Waals surface area contributed by atoms with Gasteiger partial charge in [0, 0.05) is 25.7 Å². The first-order valence-corrected chi connectivity index (χ1v) is 14.7. The monoisotopic (exact) mass is 483 g/mol. The van der Waals surface area contributed by atoms with Gasteiger partial charge in [-0.05, 0) is 94.0 Å². The lowest BCUT2D eigenvalue weighted by Crippen LogP contribution is -2.55. The molecule has 0 atom stereocenters. The second-order valence-corrected chi connectivity index (χ2v) is 12.3. The van der Waals surface area contributed by atoms with Gasteiger partial charge in [0.2, 0.25) is 5.88 Å². The van der Waals surface area contributed by atoms with Crippen LogP contribution in [-0.2, 0) is 6.54 Å². The zero-order valence-electron chi connectivity index (χ0n) is 21.4. The van der Waals surface area contributed by atoms with Crippen molar-refractivity contribution in [3.63, 3.8) is 0 Å². The summed E-state index contributed by atoms with van der Waals surface area (Å²) >= 11 is 0. The van der Waals surface area contributed by atoms with Gasteiger partial charge in [-0.2, -0.15) is 5.10 Å². The van der Waals surface area contributed by atoms with E-state index in [1.54, 1.807) is 6.20 Å². The van der Waals surface area contributed by atoms with E-state index in [9.17, 15) is 4.79 Å². The van der Waals surface area contributed by atoms with Crippen LogP contribution in [-0.4, -0.2) is 66.0 Å². The number of nitrogens with one attached hydrogen (secondary N) is 2. The van der Waals surface area contributed by atoms with Crippen molar-refractivity contribution < 1.29 is 9.53 Å². The number of ether oxygens (including phenoxy) is 1. The summed E-state index contributed by atoms with van der Waals surface area (Å²) in [7, 11) is 0. The van der Waals surface area contributed by atoms with E-state index in [2.05, 4.69) is 20.6 Å². The third-order valence-corrected chi connectivity index (χ3v) is 9.80. The average molecular weight is 484 g/mol. The van der Waals surface area contributed by atoms with Crippen molar-refractivity contribution in [2.45, 2.75) is 83.2 Å². The second kappa shape index (κ2) is 10.8. The smallest absolute Gasteiger partial charge is 0.258 e. The van der Waals surface area contributed by atoms with Crippen molar-refractivity contribution in [2.24, 2.45) is 29.6 Å². The topological polar surface area (TPSA) is 71.4 Å². The molecule has 1 aliphatic heterocycles. The summed E-state index contributed by atoms with van der Waals surface area (Å²) in [5.41, 5.74) is 0.646. The van der Waals surface area contributed by atoms with Crippen molar-refractivity contribution in [3.05, 3.63) is 11.8 Å². The molecule has 5 saturated carbocycles. The van der Waals surface area contributed by atoms with Gasteiger partial charge in [0.25, 0.3) is 5.91 Å². The molecule has 0 aromatic carbocycles. The highest BCUT2D eigenvalue weighted by Gasteiger charge is 2.48. The molecule has 1 amide bonds. The molecule has 1 aromatic rings. The van der Waals surface area contributed by atoms with Crippen molar-refractivity contribution in [1.29, 1.82) is 0 Å². The van der Waals surface area contributed by atoms with E-state index in [1.807, 2.05) is 4.68 Å². The molecule has 2 N–H and O–H groups in total. The summed E-state index contributed by atoms with van der Waals surface area (Å²) in [6.07, 6.45) is 16.1. The van der Waals surface area contributed by atoms with Gasteiger partial charge >= 0.3 is 0 Å². The van der Waals surface area contributed by atoms with Gasteiger partial charge in [-0.1, -0.05) is 19.3 Å². The molecule has 0 radical (unpaired) electrons. The van der Waals surface area contributed by atoms with Crippen molar-refractivity contribution in [3.8, 4) is 5.88 Å². The van der Waals surface area contributed by atoms with E-state index >= 15 is 0 Å². The molecule has 1 aromatic heterocycles. The van der Waals surface area contributed by atoms with Gasteiger partial charge in [-0.25, -0.2) is 4.68 Å². The fourth-order valence-electron chi connectivity index (χ4n) is 8.14. The summed E-state index contributed by atoms with van der Waals surface area (Å²) in [5, 5.41) is 11.7. The Morgan fingerprint density at radius 2 is 1.74 bits per heavy atom. The Kier molecular flexibility index (Phi) is 7.33. The Morgan fingerprint density at radius 3 is 2.51 bits per heavy atom. The van der Waals surface area contributed by atoms with Crippen LogP contribution in [0.3, 0.4) is 0 Å². The Morgan fingerprint density at radius 1 is 0.971 bits per heavy atom. The van der Waals surface area contributed by atoms with E-state index in [0.717, 1.165) is 51.1 Å². The summed E-state index contributed by atoms with van der Waals surface area (Å²) in [6, 6.07) is 0.342. The molecule has 35 heavy (non-hydrogen) atoms. The number of nitrogens with zero attached hydrogens (tertiary/aromatic N) is 3. The minimum absolute atomic E-state index is 0.0336. The first-order valence-electron chi connectivity index (χ1n) is 14.7. The van der Waals surface area contributed by atoms with Gasteiger partial charge in [-0.3, -0.25) is 4.79 Å². The maximum absolute atomic E-state index is 13.6. The highest BCUT2D eigenvalue weighted by Crippen LogP contribution is 2.53. The molecule has 2 heterocycles. The number of hydrogen-bond acceptors (Lipinski definition) is 5. The van der Waals surface area contributed by atoms with Crippen LogP contribution in [0.2, 0.25) is 0 Å². The fourth-order valence-corrected chi connectivity index (χ4v) is 8.14. The molecule has 0 unspecified atom stereocenters. The Bertz CT molecular complexity index is 828. The number of amides is 1. The molecule has 5 aliphatic carbocycles. The molecule has 6 fully saturated rings. The molecular weight excluding hydrogens is 438 g/mol. The van der Waals surface area contributed by atoms with Crippen molar-refractivity contribution in [2.75, 3.05) is 39.3 Å². The molecule has 194 valence electrons. The largest absolute Gasteiger partial charge is 0.477 e. The third-order valence-electron chi connectivity index (χ3n) is 9.80. The van der Waals surface area contributed by atoms with Crippen molar-refractivity contribution in [1.82, 2.24) is 25.3 Å². The highest BCUT2D eigenvalue weighted by atomic mass is 16.5. The molecule has 1 saturated heterocycles. The van der Waals surface area contributed by atoms with Gasteiger partial charge < -0.3 is 20.3 Å². The molecular formula is C28H45N5O2. The summed E-state index contributed by atoms with van der Waals surface area (Å²) in [6.45, 7) is 6.75. The lowest BCUT2D eigenvalue weighted by Gasteiger charge is -2.54. The molecule has 7 nitrogen and oxygen atoms in total. The fraction of sp³-hybridized carbons (Fsp3) is 0.857. The minimum atomic E-state index is 0.0336. The maximum Gasteiger partial charge on any atom is 0.258 e. The SMILES string of the molecule is O=C(NC1C2CC3CC(C2)CC1C3)c1cnn(CCN2CCCNCC2)c1OCC1CCCCC1. The van der Waals surface area contributed by atoms with Gasteiger partial charge in [0.05, 0.1) is 19.3 Å². The number of carbonyl (C=O) groups excluding carboxylic acids is 1. The molecule has 7 rings (SSSR count). The number of hydrogen-bond donors (Lipinski definition) is 2. The zero-order chi connectivity index (χ0) is 23.6. The molecule has 6 aliphatic rings. The lowest BCUT2D eigenvalue weighted by molar-refractivity contribution is -0.0120. The van der Waals surface area contributed by atoms with Gasteiger partial charge in [-0.15, -0.1) is 0 Å². The van der Waals surface area contributed by atoms with Crippen LogP contribution in [0, 0.1) is 29.6 Å². The summed E-state index contributed by atoms with van der Waals surface area (Å²) in [4.78, 5) is 16.1. The van der Waals surface area contributed by atoms with E-state index in [0.29, 0.717) is 41.8 Å². The van der Waals surface area contributed by atoms with Crippen LogP contribution in [0.5, 0.6) is 5.88 Å². The predicted molar refractivity (Wildman–Crippen MR) is 137 cm³/mol. The van der Waals surface area contributed by atoms with Crippen LogP contribution in [0.1, 0.15) is 81.0 Å². The molecule has 7 heteroatoms. The quantitative estimate of drug-likeness (QED) is 0.590. The zero-order valence-corrected chi connectivity index (χ0v) is 21.4. The van der Waals surface area contributed by atoms with Crippen LogP contribution >= 0.6 is 0 Å². The van der Waals surface area contributed by atoms with Gasteiger partial charge in [0.15, 0.2) is 0 Å². The van der Waals surface area contributed by atoms with E-state index < -0.39 is 0 Å². The normalized spacial score (nSPS) is 33.5. The summed E-state index contributed by atoms with van der Waals surface area (Å²) in [5.74, 6) is 4.51. The standard InChI is InChI=1S/C28H45N5O2/c34-27(31-26-23-14-21-13-22(16-23)17-24(26)15-21)25-18-30-33(12-11-32-9-4-7-29-8-10-32)28(25)35-19-20-5-2-1-3-6-20/h18,20-24,26,29H,1-17,19H2,(H,31,34). The van der Waals surface area contributed by atoms with E-state index in [4.69, 9.17) is 4.74 Å². The Hall–Kier alpha value is -1.60. The number of rotatable bonds is 8. The second-order valence-electron chi connectivity index (χ2n) is 12.3.